The van der Waals surface area contributed by atoms with Crippen LogP contribution in [0.5, 0.6) is 5.75 Å². The summed E-state index contributed by atoms with van der Waals surface area (Å²) in [6.07, 6.45) is -0.180. The van der Waals surface area contributed by atoms with Gasteiger partial charge in [0.15, 0.2) is 4.80 Å². The van der Waals surface area contributed by atoms with E-state index in [1.807, 2.05) is 10.8 Å². The van der Waals surface area contributed by atoms with E-state index in [1.165, 1.54) is 17.4 Å². The Labute approximate surface area is 200 Å². The van der Waals surface area contributed by atoms with Gasteiger partial charge in [0.25, 0.3) is 5.91 Å². The van der Waals surface area contributed by atoms with E-state index in [2.05, 4.69) is 31.1 Å². The van der Waals surface area contributed by atoms with Crippen LogP contribution in [0.15, 0.2) is 29.4 Å². The van der Waals surface area contributed by atoms with Crippen LogP contribution in [0.1, 0.15) is 60.8 Å². The first kappa shape index (κ1) is 24.9. The smallest absolute Gasteiger partial charge is 0.416 e. The summed E-state index contributed by atoms with van der Waals surface area (Å²) in [6.45, 7) is 8.77. The zero-order valence-electron chi connectivity index (χ0n) is 19.6. The second-order valence-electron chi connectivity index (χ2n) is 9.77. The van der Waals surface area contributed by atoms with Crippen molar-refractivity contribution in [3.63, 3.8) is 0 Å². The molecular formula is C24H30F3N3O3S. The van der Waals surface area contributed by atoms with Gasteiger partial charge in [-0.25, -0.2) is 0 Å². The van der Waals surface area contributed by atoms with Crippen LogP contribution in [-0.2, 0) is 22.9 Å². The number of nitrogens with one attached hydrogen (secondary N) is 1. The molecule has 1 aromatic heterocycles. The van der Waals surface area contributed by atoms with Gasteiger partial charge in [0.2, 0.25) is 0 Å². The number of benzene rings is 1. The van der Waals surface area contributed by atoms with Crippen molar-refractivity contribution in [2.75, 3.05) is 19.7 Å². The second-order valence-corrected chi connectivity index (χ2v) is 10.8. The average Bonchev–Trinajstić information content (AvgIpc) is 3.51. The van der Waals surface area contributed by atoms with E-state index in [1.54, 1.807) is 0 Å². The van der Waals surface area contributed by atoms with Gasteiger partial charge in [0.05, 0.1) is 23.8 Å². The molecule has 2 fully saturated rings. The number of carbonyl (C=O) groups is 1. The van der Waals surface area contributed by atoms with E-state index in [9.17, 15) is 18.0 Å². The van der Waals surface area contributed by atoms with Crippen LogP contribution in [0.4, 0.5) is 13.2 Å². The maximum Gasteiger partial charge on any atom is 0.416 e. The molecule has 2 aliphatic heterocycles. The molecule has 0 bridgehead atoms. The fourth-order valence-corrected chi connectivity index (χ4v) is 5.04. The van der Waals surface area contributed by atoms with Gasteiger partial charge < -0.3 is 19.4 Å². The molecule has 0 spiro atoms. The number of carbonyl (C=O) groups excluding carboxylic acids is 1. The third kappa shape index (κ3) is 5.90. The van der Waals surface area contributed by atoms with Gasteiger partial charge >= 0.3 is 6.18 Å². The van der Waals surface area contributed by atoms with Gasteiger partial charge in [0.1, 0.15) is 11.9 Å². The Bertz CT molecular complexity index is 1090. The summed E-state index contributed by atoms with van der Waals surface area (Å²) in [5.41, 5.74) is -1.26. The van der Waals surface area contributed by atoms with Crippen molar-refractivity contribution in [1.29, 1.82) is 0 Å². The van der Waals surface area contributed by atoms with Crippen LogP contribution in [0, 0.1) is 0 Å². The van der Waals surface area contributed by atoms with Gasteiger partial charge in [-0.15, -0.1) is 11.3 Å². The number of nitrogens with zero attached hydrogens (tertiary/aromatic N) is 2. The molecule has 1 aromatic carbocycles. The highest BCUT2D eigenvalue weighted by atomic mass is 32.1. The lowest BCUT2D eigenvalue weighted by Gasteiger charge is -2.16. The van der Waals surface area contributed by atoms with Crippen LogP contribution < -0.4 is 14.9 Å². The number of thiazole rings is 1. The summed E-state index contributed by atoms with van der Waals surface area (Å²) in [7, 11) is 0. The number of hydrogen-bond acceptors (Lipinski definition) is 5. The quantitative estimate of drug-likeness (QED) is 0.660. The first-order valence-corrected chi connectivity index (χ1v) is 12.3. The van der Waals surface area contributed by atoms with Gasteiger partial charge in [-0.3, -0.25) is 4.79 Å². The number of halogens is 3. The molecule has 1 amide bonds. The van der Waals surface area contributed by atoms with Gasteiger partial charge in [-0.1, -0.05) is 20.8 Å². The normalized spacial score (nSPS) is 21.9. The highest BCUT2D eigenvalue weighted by molar-refractivity contribution is 7.09. The molecule has 0 radical (unpaired) electrons. The maximum atomic E-state index is 13.4. The fourth-order valence-electron chi connectivity index (χ4n) is 3.98. The summed E-state index contributed by atoms with van der Waals surface area (Å²) < 4.78 is 53.8. The molecule has 0 saturated carbocycles. The molecule has 186 valence electrons. The standard InChI is InChI=1S/C24H30F3N3O3S/c1-23(2,3)20-14-30(13-17-5-4-10-32-17)22(34-20)29-21(31)18-11-15(24(25,26)27)6-7-19(18)33-16-8-9-28-12-16/h6-7,11,14,16-17,28H,4-5,8-10,12-13H2,1-3H3/b29-22-/t16-,17-/m1/s1. The van der Waals surface area contributed by atoms with Crippen molar-refractivity contribution in [1.82, 2.24) is 9.88 Å². The lowest BCUT2D eigenvalue weighted by Crippen LogP contribution is -2.24. The highest BCUT2D eigenvalue weighted by Crippen LogP contribution is 2.33. The molecular weight excluding hydrogens is 467 g/mol. The van der Waals surface area contributed by atoms with Gasteiger partial charge in [-0.2, -0.15) is 18.2 Å². The van der Waals surface area contributed by atoms with E-state index in [4.69, 9.17) is 9.47 Å². The van der Waals surface area contributed by atoms with Crippen molar-refractivity contribution in [2.24, 2.45) is 4.99 Å². The predicted octanol–water partition coefficient (Wildman–Crippen LogP) is 4.53. The van der Waals surface area contributed by atoms with E-state index in [0.717, 1.165) is 36.4 Å². The third-order valence-corrected chi connectivity index (χ3v) is 7.37. The van der Waals surface area contributed by atoms with E-state index in [0.29, 0.717) is 30.9 Å². The predicted molar refractivity (Wildman–Crippen MR) is 123 cm³/mol. The second kappa shape index (κ2) is 9.83. The number of alkyl halides is 3. The van der Waals surface area contributed by atoms with Gasteiger partial charge in [-0.05, 0) is 49.4 Å². The Morgan fingerprint density at radius 3 is 2.71 bits per heavy atom. The number of hydrogen-bond donors (Lipinski definition) is 1. The number of ether oxygens (including phenoxy) is 2. The Kier molecular flexibility index (Phi) is 7.21. The molecule has 3 heterocycles. The lowest BCUT2D eigenvalue weighted by molar-refractivity contribution is -0.137. The van der Waals surface area contributed by atoms with E-state index >= 15 is 0 Å². The minimum absolute atomic E-state index is 0.0267. The molecule has 0 aliphatic carbocycles. The SMILES string of the molecule is CC(C)(C)c1cn(C[C@H]2CCCO2)/c(=N/C(=O)c2cc(C(F)(F)F)ccc2O[C@@H]2CCNC2)s1. The molecule has 34 heavy (non-hydrogen) atoms. The first-order valence-electron chi connectivity index (χ1n) is 11.5. The average molecular weight is 498 g/mol. The molecule has 2 aliphatic rings. The number of rotatable bonds is 5. The number of amides is 1. The molecule has 4 rings (SSSR count). The Balaban J connectivity index is 1.73. The van der Waals surface area contributed by atoms with Crippen molar-refractivity contribution in [2.45, 2.75) is 70.4 Å². The Morgan fingerprint density at radius 1 is 1.29 bits per heavy atom. The molecule has 6 nitrogen and oxygen atoms in total. The zero-order chi connectivity index (χ0) is 24.5. The summed E-state index contributed by atoms with van der Waals surface area (Å²) in [5.74, 6) is -0.635. The highest BCUT2D eigenvalue weighted by Gasteiger charge is 2.33. The van der Waals surface area contributed by atoms with Crippen molar-refractivity contribution in [3.8, 4) is 5.75 Å². The first-order chi connectivity index (χ1) is 16.0. The summed E-state index contributed by atoms with van der Waals surface area (Å²) in [6, 6.07) is 3.00. The minimum Gasteiger partial charge on any atom is -0.488 e. The molecule has 10 heteroatoms. The van der Waals surface area contributed by atoms with Crippen molar-refractivity contribution < 1.29 is 27.4 Å². The van der Waals surface area contributed by atoms with Crippen LogP contribution >= 0.6 is 11.3 Å². The molecule has 2 aromatic rings. The maximum absolute atomic E-state index is 13.4. The van der Waals surface area contributed by atoms with Crippen LogP contribution in [0.3, 0.4) is 0 Å². The van der Waals surface area contributed by atoms with E-state index in [-0.39, 0.29) is 28.9 Å². The van der Waals surface area contributed by atoms with Crippen molar-refractivity contribution >= 4 is 17.2 Å². The molecule has 2 saturated heterocycles. The fraction of sp³-hybridized carbons (Fsp3) is 0.583. The van der Waals surface area contributed by atoms with Gasteiger partial charge in [0, 0.05) is 24.2 Å². The Hall–Kier alpha value is -2.17. The summed E-state index contributed by atoms with van der Waals surface area (Å²) in [4.78, 5) is 19.0. The number of aromatic nitrogens is 1. The molecule has 2 atom stereocenters. The Morgan fingerprint density at radius 2 is 2.09 bits per heavy atom. The minimum atomic E-state index is -4.58. The van der Waals surface area contributed by atoms with Crippen LogP contribution in [0.25, 0.3) is 0 Å². The van der Waals surface area contributed by atoms with Crippen LogP contribution in [-0.4, -0.2) is 42.4 Å². The summed E-state index contributed by atoms with van der Waals surface area (Å²) in [5, 5.41) is 3.15. The zero-order valence-corrected chi connectivity index (χ0v) is 20.4. The lowest BCUT2D eigenvalue weighted by atomic mass is 9.95. The third-order valence-electron chi connectivity index (χ3n) is 5.93. The molecule has 0 unspecified atom stereocenters. The summed E-state index contributed by atoms with van der Waals surface area (Å²) >= 11 is 1.37. The van der Waals surface area contributed by atoms with Crippen LogP contribution in [0.2, 0.25) is 0 Å². The van der Waals surface area contributed by atoms with Crippen molar-refractivity contribution in [3.05, 3.63) is 45.2 Å². The monoisotopic (exact) mass is 497 g/mol. The molecule has 1 N–H and O–H groups in total. The largest absolute Gasteiger partial charge is 0.488 e. The van der Waals surface area contributed by atoms with E-state index < -0.39 is 17.6 Å². The topological polar surface area (TPSA) is 64.9 Å².